The third kappa shape index (κ3) is 8.30. The van der Waals surface area contributed by atoms with E-state index in [4.69, 9.17) is 4.74 Å². The molecule has 0 spiro atoms. The molecule has 1 aromatic heterocycles. The highest BCUT2D eigenvalue weighted by atomic mass is 16.5. The first kappa shape index (κ1) is 17.4. The number of hydrogen-bond donors (Lipinski definition) is 2. The lowest BCUT2D eigenvalue weighted by Crippen LogP contribution is -2.31. The smallest absolute Gasteiger partial charge is 0.223 e. The number of nitrogens with one attached hydrogen (secondary N) is 2. The molecule has 0 saturated carbocycles. The number of pyridine rings is 1. The van der Waals surface area contributed by atoms with Crippen molar-refractivity contribution in [2.75, 3.05) is 13.2 Å². The van der Waals surface area contributed by atoms with Crippen molar-refractivity contribution < 1.29 is 9.53 Å². The SMILES string of the molecule is CC(C)CNCc1ccc(OCCC(=O)NC(C)C)cn1. The second-order valence-corrected chi connectivity index (χ2v) is 5.83. The van der Waals surface area contributed by atoms with Crippen molar-refractivity contribution in [1.82, 2.24) is 15.6 Å². The van der Waals surface area contributed by atoms with Crippen molar-refractivity contribution in [2.24, 2.45) is 5.92 Å². The maximum atomic E-state index is 11.5. The standard InChI is InChI=1S/C16H27N3O2/c1-12(2)9-17-10-14-5-6-15(11-18-14)21-8-7-16(20)19-13(3)4/h5-6,11-13,17H,7-10H2,1-4H3,(H,19,20). The van der Waals surface area contributed by atoms with Crippen molar-refractivity contribution in [1.29, 1.82) is 0 Å². The van der Waals surface area contributed by atoms with Crippen LogP contribution in [0.5, 0.6) is 5.75 Å². The van der Waals surface area contributed by atoms with Gasteiger partial charge >= 0.3 is 0 Å². The minimum Gasteiger partial charge on any atom is -0.491 e. The van der Waals surface area contributed by atoms with Crippen LogP contribution in [0.2, 0.25) is 0 Å². The van der Waals surface area contributed by atoms with Crippen molar-refractivity contribution in [3.05, 3.63) is 24.0 Å². The van der Waals surface area contributed by atoms with Crippen molar-refractivity contribution in [3.63, 3.8) is 0 Å². The largest absolute Gasteiger partial charge is 0.491 e. The van der Waals surface area contributed by atoms with E-state index >= 15 is 0 Å². The summed E-state index contributed by atoms with van der Waals surface area (Å²) in [6, 6.07) is 3.99. The van der Waals surface area contributed by atoms with E-state index in [1.54, 1.807) is 6.20 Å². The molecule has 2 N–H and O–H groups in total. The van der Waals surface area contributed by atoms with Gasteiger partial charge in [-0.05, 0) is 38.4 Å². The third-order valence-electron chi connectivity index (χ3n) is 2.70. The Kier molecular flexibility index (Phi) is 7.75. The van der Waals surface area contributed by atoms with Gasteiger partial charge in [-0.25, -0.2) is 0 Å². The number of rotatable bonds is 9. The van der Waals surface area contributed by atoms with Crippen LogP contribution < -0.4 is 15.4 Å². The van der Waals surface area contributed by atoms with E-state index in [2.05, 4.69) is 29.5 Å². The Morgan fingerprint density at radius 1 is 1.29 bits per heavy atom. The molecule has 0 aliphatic carbocycles. The van der Waals surface area contributed by atoms with Crippen LogP contribution in [0.25, 0.3) is 0 Å². The van der Waals surface area contributed by atoms with E-state index in [0.717, 1.165) is 18.8 Å². The Hall–Kier alpha value is -1.62. The highest BCUT2D eigenvalue weighted by molar-refractivity contribution is 5.76. The first-order chi connectivity index (χ1) is 9.97. The molecule has 1 amide bonds. The van der Waals surface area contributed by atoms with Crippen molar-refractivity contribution in [3.8, 4) is 5.75 Å². The molecule has 0 saturated heterocycles. The summed E-state index contributed by atoms with van der Waals surface area (Å²) in [5, 5.41) is 6.17. The topological polar surface area (TPSA) is 63.2 Å². The van der Waals surface area contributed by atoms with Crippen LogP contribution in [0.15, 0.2) is 18.3 Å². The minimum absolute atomic E-state index is 0.00691. The highest BCUT2D eigenvalue weighted by Gasteiger charge is 2.04. The summed E-state index contributed by atoms with van der Waals surface area (Å²) in [7, 11) is 0. The summed E-state index contributed by atoms with van der Waals surface area (Å²) < 4.78 is 5.51. The zero-order chi connectivity index (χ0) is 15.7. The molecular weight excluding hydrogens is 266 g/mol. The monoisotopic (exact) mass is 293 g/mol. The van der Waals surface area contributed by atoms with Crippen LogP contribution >= 0.6 is 0 Å². The Balaban J connectivity index is 2.26. The van der Waals surface area contributed by atoms with Gasteiger partial charge in [-0.1, -0.05) is 13.8 Å². The minimum atomic E-state index is 0.00691. The molecular formula is C16H27N3O2. The number of amides is 1. The molecule has 5 heteroatoms. The van der Waals surface area contributed by atoms with Gasteiger partial charge in [0, 0.05) is 12.6 Å². The Morgan fingerprint density at radius 3 is 2.62 bits per heavy atom. The van der Waals surface area contributed by atoms with Crippen LogP contribution in [0.3, 0.4) is 0 Å². The van der Waals surface area contributed by atoms with Crippen LogP contribution in [0, 0.1) is 5.92 Å². The predicted molar refractivity (Wildman–Crippen MR) is 84.2 cm³/mol. The van der Waals surface area contributed by atoms with Gasteiger partial charge in [0.25, 0.3) is 0 Å². The van der Waals surface area contributed by atoms with Gasteiger partial charge < -0.3 is 15.4 Å². The van der Waals surface area contributed by atoms with Crippen LogP contribution in [-0.4, -0.2) is 30.1 Å². The fourth-order valence-electron chi connectivity index (χ4n) is 1.75. The predicted octanol–water partition coefficient (Wildman–Crippen LogP) is 2.12. The van der Waals surface area contributed by atoms with Gasteiger partial charge in [0.1, 0.15) is 5.75 Å². The fourth-order valence-corrected chi connectivity index (χ4v) is 1.75. The van der Waals surface area contributed by atoms with Gasteiger partial charge in [-0.2, -0.15) is 0 Å². The molecule has 0 aromatic carbocycles. The first-order valence-electron chi connectivity index (χ1n) is 7.55. The number of nitrogens with zero attached hydrogens (tertiary/aromatic N) is 1. The molecule has 21 heavy (non-hydrogen) atoms. The number of aromatic nitrogens is 1. The highest BCUT2D eigenvalue weighted by Crippen LogP contribution is 2.09. The summed E-state index contributed by atoms with van der Waals surface area (Å²) in [6.45, 7) is 10.3. The zero-order valence-electron chi connectivity index (χ0n) is 13.5. The normalized spacial score (nSPS) is 11.0. The van der Waals surface area contributed by atoms with Gasteiger partial charge in [-0.3, -0.25) is 9.78 Å². The average Bonchev–Trinajstić information content (AvgIpc) is 2.39. The fraction of sp³-hybridized carbons (Fsp3) is 0.625. The molecule has 5 nitrogen and oxygen atoms in total. The van der Waals surface area contributed by atoms with E-state index < -0.39 is 0 Å². The lowest BCUT2D eigenvalue weighted by Gasteiger charge is -2.10. The molecule has 1 rings (SSSR count). The zero-order valence-corrected chi connectivity index (χ0v) is 13.5. The second-order valence-electron chi connectivity index (χ2n) is 5.83. The summed E-state index contributed by atoms with van der Waals surface area (Å²) in [6.07, 6.45) is 2.06. The molecule has 0 unspecified atom stereocenters. The van der Waals surface area contributed by atoms with Gasteiger partial charge in [0.05, 0.1) is 24.9 Å². The van der Waals surface area contributed by atoms with Gasteiger partial charge in [0.2, 0.25) is 5.91 Å². The second kappa shape index (κ2) is 9.34. The van der Waals surface area contributed by atoms with Gasteiger partial charge in [-0.15, -0.1) is 0 Å². The lowest BCUT2D eigenvalue weighted by molar-refractivity contribution is -0.122. The van der Waals surface area contributed by atoms with Gasteiger partial charge in [0.15, 0.2) is 0 Å². The van der Waals surface area contributed by atoms with E-state index in [1.165, 1.54) is 0 Å². The lowest BCUT2D eigenvalue weighted by atomic mass is 10.2. The summed E-state index contributed by atoms with van der Waals surface area (Å²) in [5.74, 6) is 1.33. The number of carbonyl (C=O) groups is 1. The summed E-state index contributed by atoms with van der Waals surface area (Å²) >= 11 is 0. The van der Waals surface area contributed by atoms with Crippen LogP contribution in [0.4, 0.5) is 0 Å². The molecule has 0 bridgehead atoms. The Morgan fingerprint density at radius 2 is 2.05 bits per heavy atom. The van der Waals surface area contributed by atoms with Crippen LogP contribution in [-0.2, 0) is 11.3 Å². The number of carbonyl (C=O) groups excluding carboxylic acids is 1. The van der Waals surface area contributed by atoms with Crippen LogP contribution in [0.1, 0.15) is 39.8 Å². The molecule has 0 aliphatic rings. The van der Waals surface area contributed by atoms with E-state index in [1.807, 2.05) is 26.0 Å². The molecule has 0 atom stereocenters. The molecule has 118 valence electrons. The van der Waals surface area contributed by atoms with Crippen molar-refractivity contribution in [2.45, 2.75) is 46.7 Å². The molecule has 0 fully saturated rings. The maximum absolute atomic E-state index is 11.5. The molecule has 0 aliphatic heterocycles. The Bertz CT molecular complexity index is 416. The quantitative estimate of drug-likeness (QED) is 0.732. The molecule has 1 aromatic rings. The van der Waals surface area contributed by atoms with E-state index in [0.29, 0.717) is 24.7 Å². The number of ether oxygens (including phenoxy) is 1. The molecule has 1 heterocycles. The van der Waals surface area contributed by atoms with Crippen molar-refractivity contribution >= 4 is 5.91 Å². The number of hydrogen-bond acceptors (Lipinski definition) is 4. The first-order valence-corrected chi connectivity index (χ1v) is 7.55. The molecule has 0 radical (unpaired) electrons. The van der Waals surface area contributed by atoms with E-state index in [-0.39, 0.29) is 11.9 Å². The third-order valence-corrected chi connectivity index (χ3v) is 2.70. The van der Waals surface area contributed by atoms with E-state index in [9.17, 15) is 4.79 Å². The summed E-state index contributed by atoms with van der Waals surface area (Å²) in [4.78, 5) is 15.8. The average molecular weight is 293 g/mol. The Labute approximate surface area is 127 Å². The maximum Gasteiger partial charge on any atom is 0.223 e. The summed E-state index contributed by atoms with van der Waals surface area (Å²) in [5.41, 5.74) is 0.987.